The van der Waals surface area contributed by atoms with Gasteiger partial charge in [-0.3, -0.25) is 10.1 Å². The van der Waals surface area contributed by atoms with Gasteiger partial charge in [0.05, 0.1) is 4.92 Å². The van der Waals surface area contributed by atoms with Crippen LogP contribution in [0.4, 0.5) is 5.69 Å². The molecule has 5 N–H and O–H groups in total. The number of carbonyl (C=O) groups is 1. The van der Waals surface area contributed by atoms with Gasteiger partial charge >= 0.3 is 5.97 Å². The predicted octanol–water partition coefficient (Wildman–Crippen LogP) is -1.69. The van der Waals surface area contributed by atoms with Crippen molar-refractivity contribution in [1.82, 2.24) is 0 Å². The van der Waals surface area contributed by atoms with Crippen LogP contribution in [0.25, 0.3) is 0 Å². The van der Waals surface area contributed by atoms with Crippen molar-refractivity contribution in [3.8, 4) is 0 Å². The molecule has 2 rings (SSSR count). The molecule has 10 heteroatoms. The van der Waals surface area contributed by atoms with Crippen LogP contribution in [-0.4, -0.2) is 60.8 Å². The zero-order chi connectivity index (χ0) is 16.7. The molecule has 1 unspecified atom stereocenters. The third-order valence-corrected chi connectivity index (χ3v) is 3.43. The van der Waals surface area contributed by atoms with Gasteiger partial charge in [-0.2, -0.15) is 0 Å². The van der Waals surface area contributed by atoms with E-state index in [4.69, 9.17) is 9.84 Å². The van der Waals surface area contributed by atoms with Crippen molar-refractivity contribution >= 4 is 11.7 Å². The van der Waals surface area contributed by atoms with Gasteiger partial charge in [-0.25, -0.2) is 4.79 Å². The van der Waals surface area contributed by atoms with Crippen molar-refractivity contribution in [3.05, 3.63) is 39.9 Å². The van der Waals surface area contributed by atoms with Gasteiger partial charge in [0.2, 0.25) is 5.79 Å². The van der Waals surface area contributed by atoms with E-state index in [1.807, 2.05) is 0 Å². The maximum absolute atomic E-state index is 11.0. The molecular weight excluding hydrogens is 302 g/mol. The molecule has 120 valence electrons. The Labute approximate surface area is 123 Å². The molecule has 1 heterocycles. The molecule has 1 aromatic rings. The molecule has 0 radical (unpaired) electrons. The van der Waals surface area contributed by atoms with Gasteiger partial charge < -0.3 is 30.3 Å². The van der Waals surface area contributed by atoms with Crippen LogP contribution in [0.15, 0.2) is 24.3 Å². The zero-order valence-corrected chi connectivity index (χ0v) is 10.9. The molecule has 0 spiro atoms. The van der Waals surface area contributed by atoms with Gasteiger partial charge in [0.25, 0.3) is 5.69 Å². The van der Waals surface area contributed by atoms with Crippen molar-refractivity contribution in [2.24, 2.45) is 0 Å². The average Bonchev–Trinajstić information content (AvgIpc) is 2.48. The fraction of sp³-hybridized carbons (Fsp3) is 0.417. The minimum atomic E-state index is -2.64. The summed E-state index contributed by atoms with van der Waals surface area (Å²) in [7, 11) is 0. The van der Waals surface area contributed by atoms with E-state index in [0.29, 0.717) is 0 Å². The van der Waals surface area contributed by atoms with E-state index in [2.05, 4.69) is 0 Å². The summed E-state index contributed by atoms with van der Waals surface area (Å²) < 4.78 is 4.84. The summed E-state index contributed by atoms with van der Waals surface area (Å²) in [5, 5.41) is 59.0. The number of rotatable bonds is 3. The van der Waals surface area contributed by atoms with Crippen molar-refractivity contribution in [1.29, 1.82) is 0 Å². The van der Waals surface area contributed by atoms with Crippen LogP contribution in [0.2, 0.25) is 0 Å². The van der Waals surface area contributed by atoms with Crippen LogP contribution in [0.3, 0.4) is 0 Å². The third-order valence-electron chi connectivity index (χ3n) is 3.43. The van der Waals surface area contributed by atoms with Crippen molar-refractivity contribution in [3.63, 3.8) is 0 Å². The first kappa shape index (κ1) is 16.3. The standard InChI is InChI=1S/C12H13NO9/c14-7-8(15)10(16)12(19,22-9(7)11(17)18)5-1-3-6(4-2-5)13(20)21/h1-4,7-10,14-16,19H,(H,17,18)/t7-,8-,9-,10+,12?/m0/s1. The van der Waals surface area contributed by atoms with Crippen LogP contribution >= 0.6 is 0 Å². The van der Waals surface area contributed by atoms with Crippen LogP contribution in [0.1, 0.15) is 5.56 Å². The van der Waals surface area contributed by atoms with E-state index < -0.39 is 41.1 Å². The second-order valence-corrected chi connectivity index (χ2v) is 4.80. The first-order chi connectivity index (χ1) is 10.2. The molecule has 0 saturated carbocycles. The lowest BCUT2D eigenvalue weighted by Gasteiger charge is -2.44. The predicted molar refractivity (Wildman–Crippen MR) is 67.5 cm³/mol. The van der Waals surface area contributed by atoms with Crippen LogP contribution in [-0.2, 0) is 15.3 Å². The summed E-state index contributed by atoms with van der Waals surface area (Å²) in [6.07, 6.45) is -7.99. The Balaban J connectivity index is 2.41. The number of aliphatic hydroxyl groups is 4. The number of hydrogen-bond donors (Lipinski definition) is 5. The SMILES string of the molecule is O=C(O)[C@H]1OC(O)(c2ccc([N+](=O)[O-])cc2)[C@H](O)[C@@H](O)[C@@H]1O. The number of carboxylic acids is 1. The highest BCUT2D eigenvalue weighted by Gasteiger charge is 2.55. The minimum absolute atomic E-state index is 0.206. The third kappa shape index (κ3) is 2.53. The number of nitro benzene ring substituents is 1. The molecule has 10 nitrogen and oxygen atoms in total. The van der Waals surface area contributed by atoms with Gasteiger partial charge in [-0.1, -0.05) is 0 Å². The van der Waals surface area contributed by atoms with E-state index in [1.54, 1.807) is 0 Å². The van der Waals surface area contributed by atoms with Gasteiger partial charge in [0.15, 0.2) is 6.10 Å². The summed E-state index contributed by atoms with van der Waals surface area (Å²) in [4.78, 5) is 20.9. The van der Waals surface area contributed by atoms with Gasteiger partial charge in [0.1, 0.15) is 18.3 Å². The Morgan fingerprint density at radius 2 is 1.73 bits per heavy atom. The highest BCUT2D eigenvalue weighted by molar-refractivity contribution is 5.73. The fourth-order valence-corrected chi connectivity index (χ4v) is 2.19. The van der Waals surface area contributed by atoms with Crippen LogP contribution in [0.5, 0.6) is 0 Å². The molecule has 1 aliphatic heterocycles. The number of hydrogen-bond acceptors (Lipinski definition) is 8. The lowest BCUT2D eigenvalue weighted by atomic mass is 9.88. The number of non-ortho nitro benzene ring substituents is 1. The molecule has 22 heavy (non-hydrogen) atoms. The van der Waals surface area contributed by atoms with Gasteiger partial charge in [0, 0.05) is 17.7 Å². The highest BCUT2D eigenvalue weighted by atomic mass is 16.7. The number of nitro groups is 1. The highest BCUT2D eigenvalue weighted by Crippen LogP contribution is 2.36. The smallest absolute Gasteiger partial charge is 0.335 e. The monoisotopic (exact) mass is 315 g/mol. The van der Waals surface area contributed by atoms with Gasteiger partial charge in [-0.15, -0.1) is 0 Å². The second kappa shape index (κ2) is 5.59. The van der Waals surface area contributed by atoms with Crippen molar-refractivity contribution < 1.29 is 40.0 Å². The first-order valence-corrected chi connectivity index (χ1v) is 6.10. The number of benzene rings is 1. The average molecular weight is 315 g/mol. The molecule has 5 atom stereocenters. The molecule has 1 saturated heterocycles. The largest absolute Gasteiger partial charge is 0.479 e. The molecule has 0 bridgehead atoms. The summed E-state index contributed by atoms with van der Waals surface area (Å²) in [5.41, 5.74) is -0.504. The number of aliphatic hydroxyl groups excluding tert-OH is 3. The minimum Gasteiger partial charge on any atom is -0.479 e. The summed E-state index contributed by atoms with van der Waals surface area (Å²) in [5.74, 6) is -4.30. The maximum atomic E-state index is 11.0. The fourth-order valence-electron chi connectivity index (χ4n) is 2.19. The van der Waals surface area contributed by atoms with E-state index in [0.717, 1.165) is 24.3 Å². The summed E-state index contributed by atoms with van der Waals surface area (Å²) in [6.45, 7) is 0. The Morgan fingerprint density at radius 3 is 2.18 bits per heavy atom. The molecular formula is C12H13NO9. The Hall–Kier alpha value is -2.11. The van der Waals surface area contributed by atoms with E-state index in [-0.39, 0.29) is 11.3 Å². The van der Waals surface area contributed by atoms with Gasteiger partial charge in [-0.05, 0) is 12.1 Å². The normalized spacial score (nSPS) is 35.1. The molecule has 1 aromatic carbocycles. The Kier molecular flexibility index (Phi) is 4.13. The quantitative estimate of drug-likeness (QED) is 0.322. The Morgan fingerprint density at radius 1 is 1.18 bits per heavy atom. The maximum Gasteiger partial charge on any atom is 0.335 e. The molecule has 0 amide bonds. The first-order valence-electron chi connectivity index (χ1n) is 6.10. The van der Waals surface area contributed by atoms with E-state index >= 15 is 0 Å². The van der Waals surface area contributed by atoms with Crippen LogP contribution < -0.4 is 0 Å². The van der Waals surface area contributed by atoms with Crippen LogP contribution in [0, 0.1) is 10.1 Å². The number of ether oxygens (including phenoxy) is 1. The number of carboxylic acid groups (broad SMARTS) is 1. The summed E-state index contributed by atoms with van der Waals surface area (Å²) >= 11 is 0. The zero-order valence-electron chi connectivity index (χ0n) is 10.9. The molecule has 1 fully saturated rings. The topological polar surface area (TPSA) is 171 Å². The van der Waals surface area contributed by atoms with Crippen molar-refractivity contribution in [2.75, 3.05) is 0 Å². The second-order valence-electron chi connectivity index (χ2n) is 4.80. The molecule has 1 aliphatic rings. The lowest BCUT2D eigenvalue weighted by Crippen LogP contribution is -2.64. The van der Waals surface area contributed by atoms with E-state index in [9.17, 15) is 35.3 Å². The molecule has 0 aliphatic carbocycles. The van der Waals surface area contributed by atoms with Crippen molar-refractivity contribution in [2.45, 2.75) is 30.2 Å². The number of nitrogens with zero attached hydrogens (tertiary/aromatic N) is 1. The van der Waals surface area contributed by atoms with E-state index in [1.165, 1.54) is 0 Å². The lowest BCUT2D eigenvalue weighted by molar-refractivity contribution is -0.385. The Bertz CT molecular complexity index is 589. The molecule has 0 aromatic heterocycles. The summed E-state index contributed by atoms with van der Waals surface area (Å²) in [6, 6.07) is 4.11. The number of aliphatic carboxylic acids is 1.